The van der Waals surface area contributed by atoms with Crippen LogP contribution in [0.3, 0.4) is 0 Å². The van der Waals surface area contributed by atoms with Crippen LogP contribution < -0.4 is 11.1 Å². The average molecular weight is 425 g/mol. The summed E-state index contributed by atoms with van der Waals surface area (Å²) in [5.41, 5.74) is 14.0. The third-order valence-electron chi connectivity index (χ3n) is 6.06. The van der Waals surface area contributed by atoms with Gasteiger partial charge in [0.15, 0.2) is 0 Å². The SMILES string of the molecule is CNc1ccc2[nH]c3c(Cc4ccccc4)c(-c4c(C)noc4C)cc(C(N)=O)c3c2c1. The molecule has 5 aromatic rings. The van der Waals surface area contributed by atoms with Crippen LogP contribution in [0.4, 0.5) is 5.69 Å². The lowest BCUT2D eigenvalue weighted by Crippen LogP contribution is -2.12. The monoisotopic (exact) mass is 424 g/mol. The van der Waals surface area contributed by atoms with Crippen LogP contribution >= 0.6 is 0 Å². The van der Waals surface area contributed by atoms with E-state index in [1.807, 2.05) is 63.4 Å². The van der Waals surface area contributed by atoms with Crippen LogP contribution in [0.5, 0.6) is 0 Å². The first-order chi connectivity index (χ1) is 15.5. The number of H-pyrrole nitrogens is 1. The number of carbonyl (C=O) groups excluding carboxylic acids is 1. The lowest BCUT2D eigenvalue weighted by Gasteiger charge is -2.14. The summed E-state index contributed by atoms with van der Waals surface area (Å²) in [4.78, 5) is 16.2. The quantitative estimate of drug-likeness (QED) is 0.355. The highest BCUT2D eigenvalue weighted by molar-refractivity contribution is 6.20. The molecule has 0 aliphatic rings. The number of amides is 1. The van der Waals surface area contributed by atoms with Gasteiger partial charge in [0.1, 0.15) is 5.76 Å². The molecule has 3 aromatic carbocycles. The molecule has 0 unspecified atom stereocenters. The first kappa shape index (κ1) is 19.9. The number of nitrogens with two attached hydrogens (primary N) is 1. The van der Waals surface area contributed by atoms with Gasteiger partial charge in [0, 0.05) is 46.6 Å². The number of primary amides is 1. The van der Waals surface area contributed by atoms with Gasteiger partial charge in [-0.25, -0.2) is 0 Å². The predicted octanol–water partition coefficient (Wildman–Crippen LogP) is 5.32. The van der Waals surface area contributed by atoms with Gasteiger partial charge < -0.3 is 20.6 Å². The van der Waals surface area contributed by atoms with Gasteiger partial charge in [-0.15, -0.1) is 0 Å². The van der Waals surface area contributed by atoms with E-state index in [4.69, 9.17) is 10.3 Å². The molecule has 6 nitrogen and oxygen atoms in total. The maximum Gasteiger partial charge on any atom is 0.249 e. The molecule has 0 radical (unpaired) electrons. The van der Waals surface area contributed by atoms with Crippen LogP contribution in [0.25, 0.3) is 32.9 Å². The standard InChI is InChI=1S/C26H24N4O2/c1-14-23(15(2)32-30-14)18-13-21(26(27)31)24-20-12-17(28-3)9-10-22(20)29-25(24)19(18)11-16-7-5-4-6-8-16/h4-10,12-13,28-29H,11H2,1-3H3,(H2,27,31). The predicted molar refractivity (Wildman–Crippen MR) is 128 cm³/mol. The Morgan fingerprint density at radius 1 is 1.12 bits per heavy atom. The zero-order chi connectivity index (χ0) is 22.4. The molecule has 0 atom stereocenters. The van der Waals surface area contributed by atoms with Crippen molar-refractivity contribution >= 4 is 33.4 Å². The van der Waals surface area contributed by atoms with Gasteiger partial charge >= 0.3 is 0 Å². The van der Waals surface area contributed by atoms with Crippen molar-refractivity contribution in [3.8, 4) is 11.1 Å². The molecule has 0 aliphatic heterocycles. The molecule has 0 saturated carbocycles. The highest BCUT2D eigenvalue weighted by Crippen LogP contribution is 2.40. The molecule has 32 heavy (non-hydrogen) atoms. The minimum absolute atomic E-state index is 0.468. The number of aryl methyl sites for hydroxylation is 2. The third kappa shape index (κ3) is 3.12. The topological polar surface area (TPSA) is 96.9 Å². The van der Waals surface area contributed by atoms with Crippen molar-refractivity contribution in [2.45, 2.75) is 20.3 Å². The van der Waals surface area contributed by atoms with Crippen molar-refractivity contribution in [3.63, 3.8) is 0 Å². The molecule has 0 saturated heterocycles. The molecule has 4 N–H and O–H groups in total. The van der Waals surface area contributed by atoms with E-state index < -0.39 is 5.91 Å². The summed E-state index contributed by atoms with van der Waals surface area (Å²) in [7, 11) is 1.88. The summed E-state index contributed by atoms with van der Waals surface area (Å²) >= 11 is 0. The summed E-state index contributed by atoms with van der Waals surface area (Å²) in [6.07, 6.45) is 0.682. The first-order valence-electron chi connectivity index (χ1n) is 10.5. The van der Waals surface area contributed by atoms with E-state index in [-0.39, 0.29) is 0 Å². The number of anilines is 1. The summed E-state index contributed by atoms with van der Waals surface area (Å²) in [6, 6.07) is 18.2. The summed E-state index contributed by atoms with van der Waals surface area (Å²) in [5, 5.41) is 9.12. The van der Waals surface area contributed by atoms with Crippen LogP contribution in [0.15, 0.2) is 59.1 Å². The Balaban J connectivity index is 1.93. The Hall–Kier alpha value is -4.06. The highest BCUT2D eigenvalue weighted by Gasteiger charge is 2.24. The van der Waals surface area contributed by atoms with Crippen molar-refractivity contribution in [2.75, 3.05) is 12.4 Å². The fourth-order valence-electron chi connectivity index (χ4n) is 4.56. The van der Waals surface area contributed by atoms with Crippen molar-refractivity contribution in [3.05, 3.63) is 82.7 Å². The zero-order valence-electron chi connectivity index (χ0n) is 18.2. The van der Waals surface area contributed by atoms with Gasteiger partial charge in [-0.2, -0.15) is 0 Å². The van der Waals surface area contributed by atoms with Crippen LogP contribution in [0, 0.1) is 13.8 Å². The van der Waals surface area contributed by atoms with E-state index in [0.29, 0.717) is 17.7 Å². The molecule has 1 amide bonds. The molecule has 5 rings (SSSR count). The number of hydrogen-bond acceptors (Lipinski definition) is 4. The number of nitrogens with zero attached hydrogens (tertiary/aromatic N) is 1. The largest absolute Gasteiger partial charge is 0.388 e. The molecular weight excluding hydrogens is 400 g/mol. The first-order valence-corrected chi connectivity index (χ1v) is 10.5. The van der Waals surface area contributed by atoms with Crippen molar-refractivity contribution in [2.24, 2.45) is 5.73 Å². The second-order valence-electron chi connectivity index (χ2n) is 8.06. The van der Waals surface area contributed by atoms with Crippen LogP contribution in [0.1, 0.15) is 32.9 Å². The number of aromatic nitrogens is 2. The van der Waals surface area contributed by atoms with E-state index in [1.165, 1.54) is 5.56 Å². The molecule has 0 spiro atoms. The lowest BCUT2D eigenvalue weighted by atomic mass is 9.89. The molecule has 0 fully saturated rings. The van der Waals surface area contributed by atoms with E-state index >= 15 is 0 Å². The summed E-state index contributed by atoms with van der Waals surface area (Å²) in [5.74, 6) is 0.241. The molecule has 2 heterocycles. The maximum absolute atomic E-state index is 12.6. The van der Waals surface area contributed by atoms with Gasteiger partial charge in [0.25, 0.3) is 0 Å². The Kier molecular flexibility index (Phi) is 4.70. The fourth-order valence-corrected chi connectivity index (χ4v) is 4.56. The molecule has 2 aromatic heterocycles. The molecule has 0 bridgehead atoms. The number of benzene rings is 3. The summed E-state index contributed by atoms with van der Waals surface area (Å²) < 4.78 is 5.47. The van der Waals surface area contributed by atoms with Crippen LogP contribution in [0.2, 0.25) is 0 Å². The Morgan fingerprint density at radius 2 is 1.91 bits per heavy atom. The second-order valence-corrected chi connectivity index (χ2v) is 8.06. The van der Waals surface area contributed by atoms with E-state index in [1.54, 1.807) is 0 Å². The number of hydrogen-bond donors (Lipinski definition) is 3. The Labute approximate surface area is 185 Å². The fraction of sp³-hybridized carbons (Fsp3) is 0.154. The van der Waals surface area contributed by atoms with Gasteiger partial charge in [-0.1, -0.05) is 35.5 Å². The van der Waals surface area contributed by atoms with Crippen LogP contribution in [-0.4, -0.2) is 23.1 Å². The smallest absolute Gasteiger partial charge is 0.249 e. The number of carbonyl (C=O) groups is 1. The number of rotatable bonds is 5. The van der Waals surface area contributed by atoms with Crippen molar-refractivity contribution in [1.82, 2.24) is 10.1 Å². The Bertz CT molecular complexity index is 1460. The lowest BCUT2D eigenvalue weighted by molar-refractivity contribution is 0.100. The zero-order valence-corrected chi connectivity index (χ0v) is 18.2. The van der Waals surface area contributed by atoms with Crippen LogP contribution in [-0.2, 0) is 6.42 Å². The molecule has 0 aliphatic carbocycles. The average Bonchev–Trinajstić information content (AvgIpc) is 3.34. The van der Waals surface area contributed by atoms with Gasteiger partial charge in [0.05, 0.1) is 11.2 Å². The number of fused-ring (bicyclic) bond motifs is 3. The Morgan fingerprint density at radius 3 is 2.56 bits per heavy atom. The minimum Gasteiger partial charge on any atom is -0.388 e. The number of nitrogens with one attached hydrogen (secondary N) is 2. The minimum atomic E-state index is -0.468. The van der Waals surface area contributed by atoms with Gasteiger partial charge in [-0.05, 0) is 54.8 Å². The third-order valence-corrected chi connectivity index (χ3v) is 6.06. The van der Waals surface area contributed by atoms with Crippen molar-refractivity contribution < 1.29 is 9.32 Å². The van der Waals surface area contributed by atoms with Crippen molar-refractivity contribution in [1.29, 1.82) is 0 Å². The molecular formula is C26H24N4O2. The number of aromatic amines is 1. The van der Waals surface area contributed by atoms with E-state index in [9.17, 15) is 4.79 Å². The molecule has 160 valence electrons. The second kappa shape index (κ2) is 7.57. The maximum atomic E-state index is 12.6. The van der Waals surface area contributed by atoms with Gasteiger partial charge in [0.2, 0.25) is 5.91 Å². The molecule has 6 heteroatoms. The summed E-state index contributed by atoms with van der Waals surface area (Å²) in [6.45, 7) is 3.80. The van der Waals surface area contributed by atoms with E-state index in [0.717, 1.165) is 49.9 Å². The normalized spacial score (nSPS) is 11.3. The van der Waals surface area contributed by atoms with E-state index in [2.05, 4.69) is 27.6 Å². The highest BCUT2D eigenvalue weighted by atomic mass is 16.5. The van der Waals surface area contributed by atoms with Gasteiger partial charge in [-0.3, -0.25) is 4.79 Å².